The van der Waals surface area contributed by atoms with Gasteiger partial charge >= 0.3 is 51.4 Å². The molecule has 38 heteroatoms. The number of anilines is 9. The van der Waals surface area contributed by atoms with Crippen LogP contribution >= 0.6 is 0 Å². The number of hydrogen-bond donors (Lipinski definition) is 7. The van der Waals surface area contributed by atoms with Gasteiger partial charge in [0, 0.05) is 71.3 Å². The summed E-state index contributed by atoms with van der Waals surface area (Å²) >= 11 is 0. The molecule has 0 amide bonds. The van der Waals surface area contributed by atoms with Crippen molar-refractivity contribution in [1.29, 1.82) is 0 Å². The maximum absolute atomic E-state index is 13.1. The predicted octanol–water partition coefficient (Wildman–Crippen LogP) is 7.79. The van der Waals surface area contributed by atoms with E-state index in [1.165, 1.54) is 94.1 Å². The van der Waals surface area contributed by atoms with Gasteiger partial charge in [-0.25, -0.2) is 55.2 Å². The summed E-state index contributed by atoms with van der Waals surface area (Å²) < 4.78 is 94.1. The molecule has 9 aromatic carbocycles. The van der Waals surface area contributed by atoms with Gasteiger partial charge in [0.1, 0.15) is 34.5 Å². The summed E-state index contributed by atoms with van der Waals surface area (Å²) in [7, 11) is -7.30. The summed E-state index contributed by atoms with van der Waals surface area (Å²) in [5.41, 5.74) is 22.6. The van der Waals surface area contributed by atoms with E-state index >= 15 is 0 Å². The molecule has 12 rings (SSSR count). The number of ether oxygens (including phenoxy) is 3. The molecule has 0 aliphatic carbocycles. The number of aromatic nitrogens is 6. The van der Waals surface area contributed by atoms with Crippen LogP contribution in [-0.4, -0.2) is 115 Å². The van der Waals surface area contributed by atoms with Gasteiger partial charge in [0.25, 0.3) is 23.5 Å². The Morgan fingerprint density at radius 3 is 0.991 bits per heavy atom. The molecule has 34 nitrogen and oxygen atoms in total. The maximum atomic E-state index is 13.1. The molecule has 3 aromatic heterocycles. The SMILES string of the molecule is COc1cc(N)cc(Nc2nc3ccccc3nc2CS(=O)(=O)c2cccc(N)c2)c1.COc1cc(Nc2nc3ccccc3nc2CS(=O)(=O)c2cccc(N)c2)cc([N+](=O)[O-])c1.COc1cc(Nc2nc3ccccc3nc2CS(=O)(=O)c2cccc([N+](=O)[O-])c2)cc([N+](=O)[O-])c1.O=CO.[CH-]=O.[K+].[OH-]. The molecule has 0 saturated carbocycles. The van der Waals surface area contributed by atoms with E-state index < -0.39 is 55.8 Å². The first-order chi connectivity index (χ1) is 49.7. The van der Waals surface area contributed by atoms with Crippen molar-refractivity contribution in [3.05, 3.63) is 248 Å². The van der Waals surface area contributed by atoms with Crippen molar-refractivity contribution in [2.75, 3.05) is 54.5 Å². The number of nitrogens with zero attached hydrogens (tertiary/aromatic N) is 9. The topological polar surface area (TPSA) is 535 Å². The number of carbonyl (C=O) groups is 1. The third kappa shape index (κ3) is 22.0. The normalized spacial score (nSPS) is 10.7. The number of nitrogen functional groups attached to an aromatic ring is 3. The number of methoxy groups -OCH3 is 3. The molecule has 0 bridgehead atoms. The van der Waals surface area contributed by atoms with Crippen LogP contribution in [0.25, 0.3) is 33.1 Å². The van der Waals surface area contributed by atoms with Crippen LogP contribution in [0.15, 0.2) is 215 Å². The van der Waals surface area contributed by atoms with Gasteiger partial charge in [-0.15, -0.1) is 0 Å². The number of non-ortho nitro benzene ring substituents is 3. The average molecular weight is 1530 g/mol. The third-order valence-electron chi connectivity index (χ3n) is 14.4. The Bertz CT molecular complexity index is 5580. The van der Waals surface area contributed by atoms with Crippen LogP contribution in [0.4, 0.5) is 68.6 Å². The summed E-state index contributed by atoms with van der Waals surface area (Å²) in [6.45, 7) is 3.00. The first-order valence-electron chi connectivity index (χ1n) is 29.8. The van der Waals surface area contributed by atoms with Gasteiger partial charge in [0.2, 0.25) is 0 Å². The fraction of sp³-hybridized carbons (Fsp3) is 0.0882. The molecular weight excluding hydrogens is 1470 g/mol. The van der Waals surface area contributed by atoms with Gasteiger partial charge in [0.05, 0.1) is 124 Å². The number of nitro groups is 3. The molecule has 0 unspecified atom stereocenters. The van der Waals surface area contributed by atoms with E-state index in [9.17, 15) is 55.6 Å². The van der Waals surface area contributed by atoms with Gasteiger partial charge in [-0.2, -0.15) is 0 Å². The van der Waals surface area contributed by atoms with Crippen LogP contribution in [0.3, 0.4) is 0 Å². The van der Waals surface area contributed by atoms with Crippen LogP contribution in [0.1, 0.15) is 17.1 Å². The van der Waals surface area contributed by atoms with E-state index in [0.29, 0.717) is 73.1 Å². The van der Waals surface area contributed by atoms with Crippen LogP contribution < -0.4 is 98.7 Å². The van der Waals surface area contributed by atoms with E-state index in [2.05, 4.69) is 52.6 Å². The first-order valence-corrected chi connectivity index (χ1v) is 34.8. The summed E-state index contributed by atoms with van der Waals surface area (Å²) in [6.07, 6.45) is 0. The molecular formula is C68H61KN15O19S3-. The monoisotopic (exact) mass is 1530 g/mol. The Morgan fingerprint density at radius 1 is 0.406 bits per heavy atom. The van der Waals surface area contributed by atoms with Gasteiger partial charge in [-0.1, -0.05) is 54.6 Å². The largest absolute Gasteiger partial charge is 1.00 e. The fourth-order valence-corrected chi connectivity index (χ4v) is 13.7. The fourth-order valence-electron chi connectivity index (χ4n) is 9.69. The molecule has 3 heterocycles. The van der Waals surface area contributed by atoms with E-state index in [-0.39, 0.29) is 147 Å². The zero-order valence-electron chi connectivity index (χ0n) is 56.1. The molecule has 542 valence electrons. The van der Waals surface area contributed by atoms with Crippen molar-refractivity contribution in [2.24, 2.45) is 0 Å². The van der Waals surface area contributed by atoms with Crippen molar-refractivity contribution in [3.8, 4) is 17.2 Å². The number of carboxylic acid groups (broad SMARTS) is 1. The molecule has 11 N–H and O–H groups in total. The molecule has 0 aliphatic heterocycles. The quantitative estimate of drug-likeness (QED) is 0.00900. The Kier molecular flexibility index (Phi) is 29.3. The molecule has 12 aromatic rings. The second-order valence-corrected chi connectivity index (χ2v) is 27.5. The number of nitrogens with one attached hydrogen (secondary N) is 3. The number of benzene rings is 9. The van der Waals surface area contributed by atoms with Gasteiger partial charge in [-0.05, 0) is 84.9 Å². The van der Waals surface area contributed by atoms with Crippen LogP contribution in [0, 0.1) is 30.3 Å². The number of hydrogen-bond acceptors (Lipinski definition) is 30. The summed E-state index contributed by atoms with van der Waals surface area (Å²) in [4.78, 5) is 75.0. The minimum Gasteiger partial charge on any atom is -0.870 e. The Labute approximate surface area is 646 Å². The number of nitro benzene ring substituents is 3. The van der Waals surface area contributed by atoms with Gasteiger partial charge in [-0.3, -0.25) is 41.9 Å². The van der Waals surface area contributed by atoms with Gasteiger partial charge in [0.15, 0.2) is 47.0 Å². The second kappa shape index (κ2) is 37.4. The standard InChI is InChI=1S/C22H17N5O7S.C22H19N5O5S.C22H21N5O3S.CH2O2.CHO.K.H2O/c1-34-17-10-14(9-16(11-17)27(30)31)23-22-21(24-19-7-2-3-8-20(19)25-22)13-35(32,33)18-6-4-5-15(12-18)26(28)29;1-32-17-11-15(10-16(12-17)27(28)29)24-22-21(25-19-7-2-3-8-20(19)26-22)13-33(30,31)18-6-4-5-14(23)9-18;1-30-17-10-15(24)9-16(12-17)25-22-21(26-19-7-2-3-8-20(19)27-22)13-31(28,29)18-6-4-5-14(23)11-18;2-1-3;1-2;;/h2-12H,13H2,1H3,(H,23,25);2-12H,13,23H2,1H3,(H,24,26);2-12H,13,23-24H2,1H3,(H,25,27);1H,(H,2,3);1H;;1H2/q;;;;-1;+1;/p-1. The molecule has 0 radical (unpaired) electrons. The Balaban J connectivity index is 0.000000240. The number of para-hydroxylation sites is 6. The zero-order chi connectivity index (χ0) is 75.5. The van der Waals surface area contributed by atoms with E-state index in [1.807, 2.05) is 18.2 Å². The molecule has 106 heavy (non-hydrogen) atoms. The minimum atomic E-state index is -4.07. The van der Waals surface area contributed by atoms with Crippen LogP contribution in [-0.2, 0) is 56.4 Å². The van der Waals surface area contributed by atoms with Crippen molar-refractivity contribution < 1.29 is 126 Å². The molecule has 0 saturated heterocycles. The number of rotatable bonds is 21. The number of nitrogens with two attached hydrogens (primary N) is 3. The molecule has 0 spiro atoms. The molecule has 0 fully saturated rings. The molecule has 0 aliphatic rings. The average Bonchev–Trinajstić information content (AvgIpc) is 0.796. The van der Waals surface area contributed by atoms with Crippen LogP contribution in [0.5, 0.6) is 17.2 Å². The second-order valence-electron chi connectivity index (χ2n) is 21.5. The summed E-state index contributed by atoms with van der Waals surface area (Å²) in [5.74, 6) is 0.127. The van der Waals surface area contributed by atoms with Crippen molar-refractivity contribution in [2.45, 2.75) is 31.9 Å². The van der Waals surface area contributed by atoms with E-state index in [1.54, 1.807) is 103 Å². The van der Waals surface area contributed by atoms with Gasteiger partial charge < -0.3 is 62.7 Å². The molecule has 0 atom stereocenters. The van der Waals surface area contributed by atoms with E-state index in [0.717, 1.165) is 6.07 Å². The smallest absolute Gasteiger partial charge is 0.870 e. The number of fused-ring (bicyclic) bond motifs is 3. The van der Waals surface area contributed by atoms with Crippen molar-refractivity contribution >= 4 is 145 Å². The zero-order valence-corrected chi connectivity index (χ0v) is 61.7. The van der Waals surface area contributed by atoms with Crippen LogP contribution in [0.2, 0.25) is 0 Å². The first kappa shape index (κ1) is 82.9. The Morgan fingerprint density at radius 2 is 0.689 bits per heavy atom. The third-order valence-corrected chi connectivity index (χ3v) is 19.2. The maximum Gasteiger partial charge on any atom is 1.00 e. The van der Waals surface area contributed by atoms with E-state index in [4.69, 9.17) is 46.1 Å². The number of carbonyl (C=O) groups excluding carboxylic acids is 1. The van der Waals surface area contributed by atoms with Crippen molar-refractivity contribution in [1.82, 2.24) is 29.9 Å². The summed E-state index contributed by atoms with van der Waals surface area (Å²) in [5, 5.41) is 49.6. The number of sulfone groups is 3. The Hall–Kier alpha value is -12.0. The predicted molar refractivity (Wildman–Crippen MR) is 390 cm³/mol. The summed E-state index contributed by atoms with van der Waals surface area (Å²) in [6, 6.07) is 51.2. The van der Waals surface area contributed by atoms with Crippen molar-refractivity contribution in [3.63, 3.8) is 0 Å². The minimum absolute atomic E-state index is 0.